The molecule has 35 heavy (non-hydrogen) atoms. The maximum absolute atomic E-state index is 12.8. The quantitative estimate of drug-likeness (QED) is 0.438. The number of carbonyl (C=O) groups excluding carboxylic acids is 2. The van der Waals surface area contributed by atoms with E-state index in [0.717, 1.165) is 33.4 Å². The number of rotatable bonds is 4. The van der Waals surface area contributed by atoms with Gasteiger partial charge in [0.05, 0.1) is 18.7 Å². The Morgan fingerprint density at radius 1 is 1.29 bits per heavy atom. The van der Waals surface area contributed by atoms with Gasteiger partial charge in [0.1, 0.15) is 22.8 Å². The summed E-state index contributed by atoms with van der Waals surface area (Å²) >= 11 is 0. The second kappa shape index (κ2) is 9.74. The van der Waals surface area contributed by atoms with Gasteiger partial charge >= 0.3 is 6.09 Å². The van der Waals surface area contributed by atoms with Crippen LogP contribution in [0.25, 0.3) is 17.0 Å². The topological polar surface area (TPSA) is 87.7 Å². The lowest BCUT2D eigenvalue weighted by Gasteiger charge is -2.16. The number of likely N-dealkylation sites (N-methyl/N-ethyl adjacent to an activating group) is 1. The van der Waals surface area contributed by atoms with E-state index < -0.39 is 11.7 Å². The maximum Gasteiger partial charge on any atom is 0.596 e. The van der Waals surface area contributed by atoms with E-state index in [2.05, 4.69) is 10.3 Å². The van der Waals surface area contributed by atoms with Crippen molar-refractivity contribution in [3.05, 3.63) is 65.1 Å². The molecule has 2 amide bonds. The fourth-order valence-corrected chi connectivity index (χ4v) is 3.79. The Labute approximate surface area is 204 Å². The van der Waals surface area contributed by atoms with E-state index in [1.807, 2.05) is 58.0 Å². The van der Waals surface area contributed by atoms with Gasteiger partial charge < -0.3 is 19.4 Å². The SMILES string of the molecule is Cc1c(CN(C)C(=O)/C=C/c2cnc3c(c2)C=[N+](C(=O)OC(C)(C)C)CCN3)oc2ccccc12. The van der Waals surface area contributed by atoms with Crippen molar-refractivity contribution < 1.29 is 23.3 Å². The van der Waals surface area contributed by atoms with Gasteiger partial charge in [-0.05, 0) is 51.5 Å². The molecule has 0 aliphatic carbocycles. The van der Waals surface area contributed by atoms with E-state index in [-0.39, 0.29) is 5.91 Å². The third-order valence-corrected chi connectivity index (χ3v) is 5.62. The minimum absolute atomic E-state index is 0.155. The number of nitrogens with zero attached hydrogens (tertiary/aromatic N) is 3. The molecule has 0 radical (unpaired) electrons. The first-order valence-corrected chi connectivity index (χ1v) is 11.6. The molecule has 1 aliphatic rings. The van der Waals surface area contributed by atoms with Crippen molar-refractivity contribution in [2.24, 2.45) is 0 Å². The van der Waals surface area contributed by atoms with Gasteiger partial charge in [-0.15, -0.1) is 4.58 Å². The maximum atomic E-state index is 12.8. The lowest BCUT2D eigenvalue weighted by Crippen LogP contribution is -2.33. The molecule has 3 heterocycles. The van der Waals surface area contributed by atoms with E-state index in [1.165, 1.54) is 10.7 Å². The minimum Gasteiger partial charge on any atom is -0.459 e. The Hall–Kier alpha value is -3.94. The number of hydrogen-bond acceptors (Lipinski definition) is 6. The van der Waals surface area contributed by atoms with Crippen LogP contribution in [0.2, 0.25) is 0 Å². The van der Waals surface area contributed by atoms with Crippen LogP contribution in [-0.2, 0) is 16.1 Å². The molecule has 3 aromatic rings. The molecule has 0 bridgehead atoms. The van der Waals surface area contributed by atoms with Crippen molar-refractivity contribution in [3.63, 3.8) is 0 Å². The Kier molecular flexibility index (Phi) is 6.73. The normalized spacial score (nSPS) is 13.7. The predicted molar refractivity (Wildman–Crippen MR) is 136 cm³/mol. The van der Waals surface area contributed by atoms with Crippen LogP contribution >= 0.6 is 0 Å². The van der Waals surface area contributed by atoms with E-state index in [9.17, 15) is 9.59 Å². The lowest BCUT2D eigenvalue weighted by molar-refractivity contribution is -0.442. The average molecular weight is 476 g/mol. The largest absolute Gasteiger partial charge is 0.596 e. The molecule has 4 rings (SSSR count). The molecule has 0 atom stereocenters. The highest BCUT2D eigenvalue weighted by molar-refractivity contribution is 5.93. The minimum atomic E-state index is -0.580. The highest BCUT2D eigenvalue weighted by Gasteiger charge is 2.28. The zero-order valence-corrected chi connectivity index (χ0v) is 20.8. The molecule has 0 spiro atoms. The molecule has 1 aromatic carbocycles. The van der Waals surface area contributed by atoms with Gasteiger partial charge in [-0.25, -0.2) is 4.98 Å². The number of nitrogens with one attached hydrogen (secondary N) is 1. The first-order valence-electron chi connectivity index (χ1n) is 11.6. The molecule has 0 fully saturated rings. The summed E-state index contributed by atoms with van der Waals surface area (Å²) in [6, 6.07) is 9.72. The van der Waals surface area contributed by atoms with Crippen molar-refractivity contribution in [1.82, 2.24) is 9.88 Å². The second-order valence-electron chi connectivity index (χ2n) is 9.61. The summed E-state index contributed by atoms with van der Waals surface area (Å²) in [5.41, 5.74) is 2.77. The Bertz CT molecular complexity index is 1330. The monoisotopic (exact) mass is 475 g/mol. The number of amides is 2. The molecule has 1 N–H and O–H groups in total. The third kappa shape index (κ3) is 5.77. The first-order chi connectivity index (χ1) is 16.6. The highest BCUT2D eigenvalue weighted by Crippen LogP contribution is 2.25. The van der Waals surface area contributed by atoms with Crippen molar-refractivity contribution in [3.8, 4) is 0 Å². The number of aromatic nitrogens is 1. The Morgan fingerprint density at radius 2 is 2.06 bits per heavy atom. The van der Waals surface area contributed by atoms with Gasteiger partial charge in [0.25, 0.3) is 0 Å². The van der Waals surface area contributed by atoms with Crippen LogP contribution in [0, 0.1) is 6.92 Å². The fourth-order valence-electron chi connectivity index (χ4n) is 3.79. The average Bonchev–Trinajstić information content (AvgIpc) is 2.98. The summed E-state index contributed by atoms with van der Waals surface area (Å²) in [6.07, 6.45) is 6.23. The number of hydrogen-bond donors (Lipinski definition) is 1. The Morgan fingerprint density at radius 3 is 2.80 bits per heavy atom. The molecule has 1 aliphatic heterocycles. The smallest absolute Gasteiger partial charge is 0.459 e. The van der Waals surface area contributed by atoms with E-state index >= 15 is 0 Å². The number of ether oxygens (including phenoxy) is 1. The van der Waals surface area contributed by atoms with Crippen molar-refractivity contribution in [2.45, 2.75) is 39.8 Å². The standard InChI is InChI=1S/C27H30N4O4/c1-18-21-8-6-7-9-22(21)34-23(18)17-30(5)24(32)11-10-19-14-20-16-31(26(33)35-27(2,3)4)13-12-28-25(20)29-15-19/h6-11,14-16H,12-13,17H2,1-5H3/p+1/b11-10+. The van der Waals surface area contributed by atoms with E-state index in [1.54, 1.807) is 30.4 Å². The molecule has 182 valence electrons. The molecule has 2 aromatic heterocycles. The molecule has 0 saturated carbocycles. The van der Waals surface area contributed by atoms with Gasteiger partial charge in [0.15, 0.2) is 12.8 Å². The van der Waals surface area contributed by atoms with Gasteiger partial charge in [0, 0.05) is 30.3 Å². The highest BCUT2D eigenvalue weighted by atomic mass is 16.6. The number of aryl methyl sites for hydroxylation is 1. The molecule has 0 unspecified atom stereocenters. The number of furan rings is 1. The zero-order valence-electron chi connectivity index (χ0n) is 20.8. The van der Waals surface area contributed by atoms with Crippen LogP contribution in [0.1, 0.15) is 43.2 Å². The van der Waals surface area contributed by atoms with Gasteiger partial charge in [-0.1, -0.05) is 18.2 Å². The Balaban J connectivity index is 1.48. The number of fused-ring (bicyclic) bond motifs is 2. The summed E-state index contributed by atoms with van der Waals surface area (Å²) in [6.45, 7) is 8.89. The predicted octanol–water partition coefficient (Wildman–Crippen LogP) is 4.60. The summed E-state index contributed by atoms with van der Waals surface area (Å²) in [4.78, 5) is 31.4. The van der Waals surface area contributed by atoms with Crippen molar-refractivity contribution >= 4 is 41.1 Å². The zero-order chi connectivity index (χ0) is 25.2. The summed E-state index contributed by atoms with van der Waals surface area (Å²) in [5, 5.41) is 4.28. The molecule has 8 nitrogen and oxygen atoms in total. The van der Waals surface area contributed by atoms with Crippen LogP contribution in [0.15, 0.2) is 47.0 Å². The fraction of sp³-hybridized carbons (Fsp3) is 0.333. The van der Waals surface area contributed by atoms with Gasteiger partial charge in [0.2, 0.25) is 5.91 Å². The first kappa shape index (κ1) is 24.2. The number of para-hydroxylation sites is 1. The van der Waals surface area contributed by atoms with Crippen molar-refractivity contribution in [2.75, 3.05) is 25.5 Å². The summed E-state index contributed by atoms with van der Waals surface area (Å²) in [7, 11) is 1.74. The van der Waals surface area contributed by atoms with Crippen LogP contribution in [0.4, 0.5) is 10.6 Å². The van der Waals surface area contributed by atoms with Crippen molar-refractivity contribution in [1.29, 1.82) is 0 Å². The molecule has 8 heteroatoms. The lowest BCUT2D eigenvalue weighted by atomic mass is 10.1. The number of pyridine rings is 1. The number of anilines is 1. The second-order valence-corrected chi connectivity index (χ2v) is 9.61. The molecular formula is C27H31N4O4+. The summed E-state index contributed by atoms with van der Waals surface area (Å²) in [5.74, 6) is 1.29. The van der Waals surface area contributed by atoms with Crippen LogP contribution in [0.3, 0.4) is 0 Å². The number of benzene rings is 1. The third-order valence-electron chi connectivity index (χ3n) is 5.62. The number of carbonyl (C=O) groups is 2. The van der Waals surface area contributed by atoms with E-state index in [0.29, 0.717) is 25.5 Å². The van der Waals surface area contributed by atoms with Crippen LogP contribution in [0.5, 0.6) is 0 Å². The van der Waals surface area contributed by atoms with Gasteiger partial charge in [-0.2, -0.15) is 4.79 Å². The summed E-state index contributed by atoms with van der Waals surface area (Å²) < 4.78 is 13.0. The van der Waals surface area contributed by atoms with Crippen LogP contribution < -0.4 is 5.32 Å². The van der Waals surface area contributed by atoms with Gasteiger partial charge in [-0.3, -0.25) is 4.79 Å². The van der Waals surface area contributed by atoms with Crippen LogP contribution in [-0.4, -0.2) is 58.4 Å². The molecular weight excluding hydrogens is 444 g/mol. The van der Waals surface area contributed by atoms with E-state index in [4.69, 9.17) is 9.15 Å². The molecule has 0 saturated heterocycles.